The Hall–Kier alpha value is -2.32. The van der Waals surface area contributed by atoms with Gasteiger partial charge in [-0.2, -0.15) is 0 Å². The number of rotatable bonds is 6. The Morgan fingerprint density at radius 1 is 1.30 bits per heavy atom. The second-order valence-corrected chi connectivity index (χ2v) is 7.19. The molecule has 0 aliphatic carbocycles. The monoisotopic (exact) mass is 452 g/mol. The Bertz CT molecular complexity index is 877. The van der Waals surface area contributed by atoms with Crippen molar-refractivity contribution in [3.05, 3.63) is 59.3 Å². The zero-order valence-electron chi connectivity index (χ0n) is 16.4. The van der Waals surface area contributed by atoms with Crippen molar-refractivity contribution in [1.82, 2.24) is 15.4 Å². The molecule has 1 aromatic carbocycles. The number of carbonyl (C=O) groups is 1. The van der Waals surface area contributed by atoms with Gasteiger partial charge < -0.3 is 10.1 Å². The SMILES string of the molecule is Cl.Cl.O=C(/C=C/c1ccc(N[C@@H]2CCN(Cc3ccc4c(c3)CCO4)C2)nc1)NO. The predicted molar refractivity (Wildman–Crippen MR) is 121 cm³/mol. The predicted octanol–water partition coefficient (Wildman–Crippen LogP) is 3.07. The van der Waals surface area contributed by atoms with Crippen molar-refractivity contribution in [2.24, 2.45) is 0 Å². The summed E-state index contributed by atoms with van der Waals surface area (Å²) in [6.45, 7) is 3.79. The van der Waals surface area contributed by atoms with E-state index in [1.54, 1.807) is 17.8 Å². The maximum Gasteiger partial charge on any atom is 0.267 e. The van der Waals surface area contributed by atoms with E-state index in [4.69, 9.17) is 9.94 Å². The number of hydroxylamine groups is 1. The molecule has 162 valence electrons. The number of aromatic nitrogens is 1. The van der Waals surface area contributed by atoms with Gasteiger partial charge in [-0.15, -0.1) is 24.8 Å². The van der Waals surface area contributed by atoms with E-state index in [2.05, 4.69) is 33.4 Å². The fraction of sp³-hybridized carbons (Fsp3) is 0.333. The van der Waals surface area contributed by atoms with Gasteiger partial charge in [0.25, 0.3) is 5.91 Å². The number of ether oxygens (including phenoxy) is 1. The van der Waals surface area contributed by atoms with Crippen LogP contribution in [0.25, 0.3) is 6.08 Å². The number of carbonyl (C=O) groups excluding carboxylic acids is 1. The van der Waals surface area contributed by atoms with Crippen LogP contribution < -0.4 is 15.5 Å². The second-order valence-electron chi connectivity index (χ2n) is 7.19. The number of hydrogen-bond acceptors (Lipinski definition) is 6. The molecule has 0 saturated carbocycles. The summed E-state index contributed by atoms with van der Waals surface area (Å²) in [4.78, 5) is 17.9. The third-order valence-corrected chi connectivity index (χ3v) is 5.11. The van der Waals surface area contributed by atoms with E-state index in [9.17, 15) is 4.79 Å². The van der Waals surface area contributed by atoms with Crippen molar-refractivity contribution < 1.29 is 14.7 Å². The van der Waals surface area contributed by atoms with E-state index >= 15 is 0 Å². The Labute approximate surface area is 188 Å². The number of hydrogen-bond donors (Lipinski definition) is 3. The van der Waals surface area contributed by atoms with Crippen molar-refractivity contribution in [3.63, 3.8) is 0 Å². The minimum absolute atomic E-state index is 0. The van der Waals surface area contributed by atoms with Gasteiger partial charge in [0, 0.05) is 44.4 Å². The van der Waals surface area contributed by atoms with Crippen LogP contribution in [0.4, 0.5) is 5.82 Å². The van der Waals surface area contributed by atoms with Crippen LogP contribution in [0.5, 0.6) is 5.75 Å². The Morgan fingerprint density at radius 2 is 2.17 bits per heavy atom. The highest BCUT2D eigenvalue weighted by atomic mass is 35.5. The van der Waals surface area contributed by atoms with Crippen LogP contribution in [0.1, 0.15) is 23.1 Å². The Balaban J connectivity index is 0.00000160. The highest BCUT2D eigenvalue weighted by Gasteiger charge is 2.23. The zero-order valence-corrected chi connectivity index (χ0v) is 18.0. The molecular weight excluding hydrogens is 427 g/mol. The first-order valence-electron chi connectivity index (χ1n) is 9.51. The summed E-state index contributed by atoms with van der Waals surface area (Å²) in [6.07, 6.45) is 6.64. The Morgan fingerprint density at radius 3 is 2.93 bits per heavy atom. The number of benzene rings is 1. The third-order valence-electron chi connectivity index (χ3n) is 5.11. The lowest BCUT2D eigenvalue weighted by molar-refractivity contribution is -0.124. The molecule has 30 heavy (non-hydrogen) atoms. The van der Waals surface area contributed by atoms with Gasteiger partial charge in [-0.25, -0.2) is 10.5 Å². The quantitative estimate of drug-likeness (QED) is 0.354. The average molecular weight is 453 g/mol. The summed E-state index contributed by atoms with van der Waals surface area (Å²) >= 11 is 0. The molecule has 4 rings (SSSR count). The summed E-state index contributed by atoms with van der Waals surface area (Å²) in [5.74, 6) is 1.29. The number of fused-ring (bicyclic) bond motifs is 1. The van der Waals surface area contributed by atoms with E-state index in [0.717, 1.165) is 56.2 Å². The molecule has 3 N–H and O–H groups in total. The molecule has 2 aromatic rings. The van der Waals surface area contributed by atoms with E-state index < -0.39 is 5.91 Å². The molecule has 1 fully saturated rings. The summed E-state index contributed by atoms with van der Waals surface area (Å²) in [5.41, 5.74) is 5.01. The molecule has 2 aliphatic rings. The van der Waals surface area contributed by atoms with Gasteiger partial charge in [-0.3, -0.25) is 14.9 Å². The summed E-state index contributed by atoms with van der Waals surface area (Å²) < 4.78 is 5.58. The van der Waals surface area contributed by atoms with E-state index in [1.165, 1.54) is 17.2 Å². The molecule has 3 heterocycles. The van der Waals surface area contributed by atoms with Crippen LogP contribution in [0, 0.1) is 0 Å². The molecule has 1 saturated heterocycles. The fourth-order valence-electron chi connectivity index (χ4n) is 3.70. The molecule has 7 nitrogen and oxygen atoms in total. The fourth-order valence-corrected chi connectivity index (χ4v) is 3.70. The lowest BCUT2D eigenvalue weighted by atomic mass is 10.1. The number of pyridine rings is 1. The van der Waals surface area contributed by atoms with Crippen molar-refractivity contribution >= 4 is 42.6 Å². The molecule has 0 spiro atoms. The number of nitrogens with one attached hydrogen (secondary N) is 2. The van der Waals surface area contributed by atoms with Crippen LogP contribution in [-0.4, -0.2) is 46.7 Å². The van der Waals surface area contributed by atoms with Gasteiger partial charge in [0.2, 0.25) is 0 Å². The molecule has 1 aromatic heterocycles. The van der Waals surface area contributed by atoms with Gasteiger partial charge in [-0.05, 0) is 47.4 Å². The van der Waals surface area contributed by atoms with Crippen LogP contribution in [0.2, 0.25) is 0 Å². The number of likely N-dealkylation sites (tertiary alicyclic amines) is 1. The number of halogens is 2. The van der Waals surface area contributed by atoms with Crippen LogP contribution in [-0.2, 0) is 17.8 Å². The first kappa shape index (κ1) is 24.0. The number of anilines is 1. The van der Waals surface area contributed by atoms with Crippen molar-refractivity contribution in [2.45, 2.75) is 25.4 Å². The summed E-state index contributed by atoms with van der Waals surface area (Å²) in [5, 5.41) is 12.0. The first-order valence-corrected chi connectivity index (χ1v) is 9.51. The van der Waals surface area contributed by atoms with Crippen molar-refractivity contribution in [2.75, 3.05) is 25.0 Å². The van der Waals surface area contributed by atoms with Crippen LogP contribution in [0.15, 0.2) is 42.6 Å². The normalized spacial score (nSPS) is 17.6. The van der Waals surface area contributed by atoms with Crippen molar-refractivity contribution in [3.8, 4) is 5.75 Å². The number of nitrogens with zero attached hydrogens (tertiary/aromatic N) is 2. The second kappa shape index (κ2) is 11.2. The van der Waals surface area contributed by atoms with Crippen LogP contribution in [0.3, 0.4) is 0 Å². The summed E-state index contributed by atoms with van der Waals surface area (Å²) in [7, 11) is 0. The van der Waals surface area contributed by atoms with E-state index in [0.29, 0.717) is 6.04 Å². The lowest BCUT2D eigenvalue weighted by Gasteiger charge is -2.17. The van der Waals surface area contributed by atoms with Gasteiger partial charge in [0.05, 0.1) is 6.61 Å². The molecule has 2 aliphatic heterocycles. The number of amides is 1. The van der Waals surface area contributed by atoms with Gasteiger partial charge >= 0.3 is 0 Å². The average Bonchev–Trinajstić information content (AvgIpc) is 3.36. The maximum absolute atomic E-state index is 11.0. The first-order chi connectivity index (χ1) is 13.7. The third kappa shape index (κ3) is 6.09. The molecule has 1 atom stereocenters. The molecule has 1 amide bonds. The molecule has 0 radical (unpaired) electrons. The minimum Gasteiger partial charge on any atom is -0.493 e. The van der Waals surface area contributed by atoms with E-state index in [1.807, 2.05) is 12.1 Å². The topological polar surface area (TPSA) is 86.7 Å². The van der Waals surface area contributed by atoms with Gasteiger partial charge in [-0.1, -0.05) is 12.1 Å². The minimum atomic E-state index is -0.566. The highest BCUT2D eigenvalue weighted by Crippen LogP contribution is 2.27. The maximum atomic E-state index is 11.0. The zero-order chi connectivity index (χ0) is 19.3. The molecule has 0 unspecified atom stereocenters. The smallest absolute Gasteiger partial charge is 0.267 e. The van der Waals surface area contributed by atoms with E-state index in [-0.39, 0.29) is 24.8 Å². The molecular formula is C21H26Cl2N4O3. The lowest BCUT2D eigenvalue weighted by Crippen LogP contribution is -2.26. The largest absolute Gasteiger partial charge is 0.493 e. The standard InChI is InChI=1S/C21H24N4O3.2ClH/c26-21(24-27)6-3-15-2-5-20(22-12-15)23-18-7-9-25(14-18)13-16-1-4-19-17(11-16)8-10-28-19;;/h1-6,11-12,18,27H,7-10,13-14H2,(H,22,23)(H,24,26);2*1H/b6-3+;;/t18-;;/m1../s1. The highest BCUT2D eigenvalue weighted by molar-refractivity contribution is 5.90. The van der Waals surface area contributed by atoms with Crippen LogP contribution >= 0.6 is 24.8 Å². The Kier molecular flexibility index (Phi) is 8.92. The van der Waals surface area contributed by atoms with Crippen molar-refractivity contribution in [1.29, 1.82) is 0 Å². The molecule has 0 bridgehead atoms. The van der Waals surface area contributed by atoms with Gasteiger partial charge in [0.15, 0.2) is 0 Å². The molecule has 9 heteroatoms. The van der Waals surface area contributed by atoms with Gasteiger partial charge in [0.1, 0.15) is 11.6 Å². The summed E-state index contributed by atoms with van der Waals surface area (Å²) in [6, 6.07) is 10.7.